The maximum absolute atomic E-state index is 10.5. The summed E-state index contributed by atoms with van der Waals surface area (Å²) in [7, 11) is -3.69. The van der Waals surface area contributed by atoms with Crippen molar-refractivity contribution < 1.29 is 18.5 Å². The minimum absolute atomic E-state index is 0.188. The molecule has 2 aromatic carbocycles. The summed E-state index contributed by atoms with van der Waals surface area (Å²) >= 11 is 0. The van der Waals surface area contributed by atoms with Crippen LogP contribution in [0, 0.1) is 0 Å². The highest BCUT2D eigenvalue weighted by atomic mass is 31.2. The summed E-state index contributed by atoms with van der Waals surface area (Å²) in [6.45, 7) is 3.63. The molecule has 0 saturated heterocycles. The largest absolute Gasteiger partial charge is 0.472 e. The van der Waals surface area contributed by atoms with Gasteiger partial charge in [0, 0.05) is 17.8 Å². The van der Waals surface area contributed by atoms with Crippen LogP contribution in [0.5, 0.6) is 0 Å². The molecule has 0 aromatic heterocycles. The number of hydrogen-bond acceptors (Lipinski definition) is 4. The van der Waals surface area contributed by atoms with Gasteiger partial charge in [-0.2, -0.15) is 0 Å². The summed E-state index contributed by atoms with van der Waals surface area (Å²) < 4.78 is 19.2. The molecule has 6 heteroatoms. The van der Waals surface area contributed by atoms with Crippen molar-refractivity contribution in [2.75, 3.05) is 18.5 Å². The second-order valence-electron chi connectivity index (χ2n) is 4.92. The van der Waals surface area contributed by atoms with E-state index in [1.807, 2.05) is 0 Å². The monoisotopic (exact) mass is 335 g/mol. The lowest BCUT2D eigenvalue weighted by molar-refractivity contribution is 0.161. The normalized spacial score (nSPS) is 12.3. The smallest absolute Gasteiger partial charge is 0.355 e. The molecule has 0 bridgehead atoms. The van der Waals surface area contributed by atoms with Crippen LogP contribution in [0.15, 0.2) is 48.5 Å². The zero-order valence-electron chi connectivity index (χ0n) is 13.4. The van der Waals surface area contributed by atoms with Crippen molar-refractivity contribution >= 4 is 19.2 Å². The van der Waals surface area contributed by atoms with E-state index in [1.54, 1.807) is 13.8 Å². The molecule has 0 unspecified atom stereocenters. The second kappa shape index (κ2) is 8.27. The van der Waals surface area contributed by atoms with E-state index in [0.717, 1.165) is 6.42 Å². The lowest BCUT2D eigenvalue weighted by atomic mass is 9.98. The maximum Gasteiger partial charge on any atom is 0.472 e. The Morgan fingerprint density at radius 2 is 1.39 bits per heavy atom. The lowest BCUT2D eigenvalue weighted by Gasteiger charge is -2.20. The Labute approximate surface area is 136 Å². The molecule has 0 amide bonds. The summed E-state index contributed by atoms with van der Waals surface area (Å²) in [5.74, 6) is 0. The molecule has 2 N–H and O–H groups in total. The van der Waals surface area contributed by atoms with Gasteiger partial charge in [0.2, 0.25) is 0 Å². The molecular weight excluding hydrogens is 313 g/mol. The molecule has 1 aliphatic rings. The van der Waals surface area contributed by atoms with E-state index in [9.17, 15) is 4.57 Å². The average Bonchev–Trinajstić information content (AvgIpc) is 2.53. The van der Waals surface area contributed by atoms with Crippen molar-refractivity contribution in [3.8, 4) is 0 Å². The number of phosphoric ester groups is 1. The molecule has 0 spiro atoms. The zero-order valence-corrected chi connectivity index (χ0v) is 14.3. The Morgan fingerprint density at radius 3 is 1.83 bits per heavy atom. The van der Waals surface area contributed by atoms with Crippen LogP contribution in [0.1, 0.15) is 25.0 Å². The van der Waals surface area contributed by atoms with Crippen LogP contribution in [0.2, 0.25) is 0 Å². The molecule has 0 saturated carbocycles. The van der Waals surface area contributed by atoms with Gasteiger partial charge in [0.05, 0.1) is 13.2 Å². The van der Waals surface area contributed by atoms with Gasteiger partial charge in [0.25, 0.3) is 0 Å². The summed E-state index contributed by atoms with van der Waals surface area (Å²) in [6, 6.07) is 16.9. The fraction of sp³-hybridized carbons (Fsp3) is 0.294. The van der Waals surface area contributed by atoms with Gasteiger partial charge in [-0.3, -0.25) is 9.05 Å². The highest BCUT2D eigenvalue weighted by Gasteiger charge is 2.17. The predicted octanol–water partition coefficient (Wildman–Crippen LogP) is 4.49. The predicted molar refractivity (Wildman–Crippen MR) is 92.1 cm³/mol. The number of benzene rings is 2. The number of rotatable bonds is 4. The van der Waals surface area contributed by atoms with E-state index >= 15 is 0 Å². The number of anilines is 2. The van der Waals surface area contributed by atoms with Gasteiger partial charge in [-0.25, -0.2) is 4.57 Å². The average molecular weight is 335 g/mol. The summed E-state index contributed by atoms with van der Waals surface area (Å²) in [5, 5.41) is 3.44. The summed E-state index contributed by atoms with van der Waals surface area (Å²) in [4.78, 5) is 8.63. The molecule has 0 fully saturated rings. The Morgan fingerprint density at radius 1 is 0.957 bits per heavy atom. The first-order chi connectivity index (χ1) is 11.1. The van der Waals surface area contributed by atoms with Crippen molar-refractivity contribution in [2.45, 2.75) is 20.3 Å². The van der Waals surface area contributed by atoms with E-state index < -0.39 is 7.82 Å². The van der Waals surface area contributed by atoms with Crippen LogP contribution in [0.25, 0.3) is 0 Å². The molecule has 0 radical (unpaired) electrons. The van der Waals surface area contributed by atoms with Gasteiger partial charge in [-0.05, 0) is 37.1 Å². The van der Waals surface area contributed by atoms with Crippen LogP contribution in [-0.2, 0) is 20.0 Å². The van der Waals surface area contributed by atoms with E-state index in [0.29, 0.717) is 0 Å². The van der Waals surface area contributed by atoms with Gasteiger partial charge in [0.1, 0.15) is 0 Å². The van der Waals surface area contributed by atoms with Crippen molar-refractivity contribution in [1.29, 1.82) is 0 Å². The number of nitrogens with one attached hydrogen (secondary N) is 1. The standard InChI is InChI=1S/C13H11N.C4H11O4P/c1-3-7-12-10(5-1)9-11-6-2-4-8-13(11)14-12;1-3-7-9(5,6)8-4-2/h1-8,14H,9H2;3-4H2,1-2H3,(H,5,6). The molecule has 5 nitrogen and oxygen atoms in total. The van der Waals surface area contributed by atoms with Crippen LogP contribution < -0.4 is 5.32 Å². The van der Waals surface area contributed by atoms with E-state index in [4.69, 9.17) is 4.89 Å². The minimum atomic E-state index is -3.69. The van der Waals surface area contributed by atoms with Crippen molar-refractivity contribution in [1.82, 2.24) is 0 Å². The fourth-order valence-electron chi connectivity index (χ4n) is 2.31. The maximum atomic E-state index is 10.5. The molecule has 0 atom stereocenters. The Hall–Kier alpha value is -1.65. The van der Waals surface area contributed by atoms with Gasteiger partial charge in [-0.1, -0.05) is 36.4 Å². The molecule has 1 aliphatic heterocycles. The first-order valence-electron chi connectivity index (χ1n) is 7.60. The van der Waals surface area contributed by atoms with Crippen molar-refractivity contribution in [2.24, 2.45) is 0 Å². The van der Waals surface area contributed by atoms with E-state index in [2.05, 4.69) is 62.9 Å². The fourth-order valence-corrected chi connectivity index (χ4v) is 3.03. The molecular formula is C17H22NO4P. The SMILES string of the molecule is CCOP(=O)(O)OCC.c1ccc2c(c1)Cc1ccccc1N2. The topological polar surface area (TPSA) is 67.8 Å². The quantitative estimate of drug-likeness (QED) is 0.687. The van der Waals surface area contributed by atoms with E-state index in [1.165, 1.54) is 22.5 Å². The molecule has 2 aromatic rings. The third-order valence-electron chi connectivity index (χ3n) is 3.27. The molecule has 124 valence electrons. The van der Waals surface area contributed by atoms with Gasteiger partial charge >= 0.3 is 7.82 Å². The highest BCUT2D eigenvalue weighted by molar-refractivity contribution is 7.47. The number of phosphoric acid groups is 1. The first kappa shape index (κ1) is 17.7. The van der Waals surface area contributed by atoms with Gasteiger partial charge in [0.15, 0.2) is 0 Å². The van der Waals surface area contributed by atoms with Crippen LogP contribution >= 0.6 is 7.82 Å². The molecule has 1 heterocycles. The summed E-state index contributed by atoms with van der Waals surface area (Å²) in [5.41, 5.74) is 5.25. The zero-order chi connectivity index (χ0) is 16.7. The lowest BCUT2D eigenvalue weighted by Crippen LogP contribution is -2.05. The molecule has 3 rings (SSSR count). The van der Waals surface area contributed by atoms with Crippen molar-refractivity contribution in [3.63, 3.8) is 0 Å². The Kier molecular flexibility index (Phi) is 6.37. The molecule has 0 aliphatic carbocycles. The number of para-hydroxylation sites is 2. The first-order valence-corrected chi connectivity index (χ1v) is 9.10. The van der Waals surface area contributed by atoms with Crippen molar-refractivity contribution in [3.05, 3.63) is 59.7 Å². The Bertz CT molecular complexity index is 592. The third-order valence-corrected chi connectivity index (χ3v) is 4.44. The van der Waals surface area contributed by atoms with Gasteiger partial charge in [-0.15, -0.1) is 0 Å². The summed E-state index contributed by atoms with van der Waals surface area (Å²) in [6.07, 6.45) is 1.04. The van der Waals surface area contributed by atoms with Crippen LogP contribution in [0.3, 0.4) is 0 Å². The molecule has 23 heavy (non-hydrogen) atoms. The third kappa shape index (κ3) is 5.19. The van der Waals surface area contributed by atoms with Crippen LogP contribution in [-0.4, -0.2) is 18.1 Å². The Balaban J connectivity index is 0.000000188. The second-order valence-corrected chi connectivity index (χ2v) is 6.37. The highest BCUT2D eigenvalue weighted by Crippen LogP contribution is 2.42. The van der Waals surface area contributed by atoms with Crippen LogP contribution in [0.4, 0.5) is 11.4 Å². The number of hydrogen-bond donors (Lipinski definition) is 2. The van der Waals surface area contributed by atoms with E-state index in [-0.39, 0.29) is 13.2 Å². The van der Waals surface area contributed by atoms with Gasteiger partial charge < -0.3 is 10.2 Å². The number of fused-ring (bicyclic) bond motifs is 2. The minimum Gasteiger partial charge on any atom is -0.355 e.